The van der Waals surface area contributed by atoms with Crippen molar-refractivity contribution in [3.05, 3.63) is 72.6 Å². The van der Waals surface area contributed by atoms with Gasteiger partial charge < -0.3 is 14.7 Å². The number of carbonyl (C=O) groups excluding carboxylic acids is 1. The van der Waals surface area contributed by atoms with Crippen molar-refractivity contribution >= 4 is 11.9 Å². The first kappa shape index (κ1) is 18.6. The molecule has 1 aliphatic rings. The Morgan fingerprint density at radius 3 is 2.52 bits per heavy atom. The van der Waals surface area contributed by atoms with E-state index >= 15 is 0 Å². The maximum Gasteiger partial charge on any atom is 0.314 e. The number of pyridine rings is 1. The summed E-state index contributed by atoms with van der Waals surface area (Å²) < 4.78 is 5.52. The Morgan fingerprint density at radius 1 is 1.19 bits per heavy atom. The SMILES string of the molecule is C=CCOc1cccnc1C(=O)N1CCC(C(=O)O)(c2ccccc2)CC1. The van der Waals surface area contributed by atoms with Crippen LogP contribution in [0.1, 0.15) is 28.9 Å². The lowest BCUT2D eigenvalue weighted by molar-refractivity contribution is -0.145. The molecule has 27 heavy (non-hydrogen) atoms. The van der Waals surface area contributed by atoms with E-state index in [9.17, 15) is 14.7 Å². The summed E-state index contributed by atoms with van der Waals surface area (Å²) >= 11 is 0. The van der Waals surface area contributed by atoms with E-state index in [0.717, 1.165) is 5.56 Å². The number of hydrogen-bond acceptors (Lipinski definition) is 4. The molecule has 140 valence electrons. The van der Waals surface area contributed by atoms with E-state index in [1.54, 1.807) is 29.3 Å². The van der Waals surface area contributed by atoms with Crippen molar-refractivity contribution in [2.24, 2.45) is 0 Å². The number of likely N-dealkylation sites (tertiary alicyclic amines) is 1. The lowest BCUT2D eigenvalue weighted by Crippen LogP contribution is -2.49. The predicted octanol–water partition coefficient (Wildman–Crippen LogP) is 2.91. The van der Waals surface area contributed by atoms with Crippen molar-refractivity contribution in [3.8, 4) is 5.75 Å². The number of carbonyl (C=O) groups is 2. The smallest absolute Gasteiger partial charge is 0.314 e. The van der Waals surface area contributed by atoms with Crippen LogP contribution in [-0.2, 0) is 10.2 Å². The molecule has 0 aliphatic carbocycles. The summed E-state index contributed by atoms with van der Waals surface area (Å²) in [6, 6.07) is 12.6. The molecule has 0 bridgehead atoms. The van der Waals surface area contributed by atoms with Crippen LogP contribution in [0.15, 0.2) is 61.3 Å². The summed E-state index contributed by atoms with van der Waals surface area (Å²) in [7, 11) is 0. The number of ether oxygens (including phenoxy) is 1. The fraction of sp³-hybridized carbons (Fsp3) is 0.286. The molecule has 2 heterocycles. The van der Waals surface area contributed by atoms with Gasteiger partial charge in [0.05, 0.1) is 5.41 Å². The second-order valence-corrected chi connectivity index (χ2v) is 6.50. The highest BCUT2D eigenvalue weighted by Crippen LogP contribution is 2.36. The van der Waals surface area contributed by atoms with Crippen molar-refractivity contribution in [2.45, 2.75) is 18.3 Å². The minimum absolute atomic E-state index is 0.238. The van der Waals surface area contributed by atoms with Gasteiger partial charge in [0.2, 0.25) is 0 Å². The molecule has 1 aromatic carbocycles. The number of carboxylic acids is 1. The van der Waals surface area contributed by atoms with Gasteiger partial charge in [-0.3, -0.25) is 9.59 Å². The van der Waals surface area contributed by atoms with E-state index < -0.39 is 11.4 Å². The molecule has 6 nitrogen and oxygen atoms in total. The Labute approximate surface area is 158 Å². The maximum absolute atomic E-state index is 12.9. The van der Waals surface area contributed by atoms with Gasteiger partial charge >= 0.3 is 5.97 Å². The van der Waals surface area contributed by atoms with E-state index in [1.807, 2.05) is 30.3 Å². The Balaban J connectivity index is 1.78. The number of hydrogen-bond donors (Lipinski definition) is 1. The van der Waals surface area contributed by atoms with Crippen LogP contribution >= 0.6 is 0 Å². The minimum Gasteiger partial charge on any atom is -0.487 e. The average Bonchev–Trinajstić information content (AvgIpc) is 2.72. The zero-order valence-corrected chi connectivity index (χ0v) is 15.0. The van der Waals surface area contributed by atoms with Crippen LogP contribution in [0.5, 0.6) is 5.75 Å². The van der Waals surface area contributed by atoms with Crippen molar-refractivity contribution in [3.63, 3.8) is 0 Å². The highest BCUT2D eigenvalue weighted by Gasteiger charge is 2.44. The maximum atomic E-state index is 12.9. The third kappa shape index (κ3) is 3.69. The van der Waals surface area contributed by atoms with Crippen LogP contribution in [0.4, 0.5) is 0 Å². The average molecular weight is 366 g/mol. The van der Waals surface area contributed by atoms with Crippen molar-refractivity contribution in [2.75, 3.05) is 19.7 Å². The third-order valence-corrected chi connectivity index (χ3v) is 4.97. The Morgan fingerprint density at radius 2 is 1.89 bits per heavy atom. The van der Waals surface area contributed by atoms with Gasteiger partial charge in [0.25, 0.3) is 5.91 Å². The van der Waals surface area contributed by atoms with Crippen LogP contribution in [0.3, 0.4) is 0 Å². The third-order valence-electron chi connectivity index (χ3n) is 4.97. The van der Waals surface area contributed by atoms with Crippen LogP contribution in [-0.4, -0.2) is 46.6 Å². The molecule has 1 N–H and O–H groups in total. The first-order chi connectivity index (χ1) is 13.1. The molecule has 1 aliphatic heterocycles. The quantitative estimate of drug-likeness (QED) is 0.795. The molecular formula is C21H22N2O4. The molecule has 1 aromatic heterocycles. The Bertz CT molecular complexity index is 827. The molecular weight excluding hydrogens is 344 g/mol. The summed E-state index contributed by atoms with van der Waals surface area (Å²) in [6.07, 6.45) is 3.86. The molecule has 1 saturated heterocycles. The second-order valence-electron chi connectivity index (χ2n) is 6.50. The molecule has 0 saturated carbocycles. The first-order valence-corrected chi connectivity index (χ1v) is 8.85. The van der Waals surface area contributed by atoms with Gasteiger partial charge in [0.1, 0.15) is 6.61 Å². The molecule has 1 fully saturated rings. The highest BCUT2D eigenvalue weighted by atomic mass is 16.5. The van der Waals surface area contributed by atoms with E-state index in [0.29, 0.717) is 31.7 Å². The number of piperidine rings is 1. The summed E-state index contributed by atoms with van der Waals surface area (Å²) in [4.78, 5) is 30.8. The molecule has 2 aromatic rings. The van der Waals surface area contributed by atoms with E-state index in [-0.39, 0.29) is 18.2 Å². The van der Waals surface area contributed by atoms with Crippen LogP contribution in [0, 0.1) is 0 Å². The molecule has 0 unspecified atom stereocenters. The molecule has 0 atom stereocenters. The predicted molar refractivity (Wildman–Crippen MR) is 101 cm³/mol. The number of carboxylic acid groups (broad SMARTS) is 1. The Kier molecular flexibility index (Phi) is 5.54. The fourth-order valence-electron chi connectivity index (χ4n) is 3.44. The number of aromatic nitrogens is 1. The van der Waals surface area contributed by atoms with Crippen molar-refractivity contribution < 1.29 is 19.4 Å². The summed E-state index contributed by atoms with van der Waals surface area (Å²) in [5.74, 6) is -0.698. The van der Waals surface area contributed by atoms with Crippen molar-refractivity contribution in [1.82, 2.24) is 9.88 Å². The zero-order chi connectivity index (χ0) is 19.3. The van der Waals surface area contributed by atoms with Crippen LogP contribution < -0.4 is 4.74 Å². The molecule has 3 rings (SSSR count). The number of aliphatic carboxylic acids is 1. The molecule has 0 spiro atoms. The lowest BCUT2D eigenvalue weighted by Gasteiger charge is -2.39. The second kappa shape index (κ2) is 8.03. The van der Waals surface area contributed by atoms with Crippen LogP contribution in [0.25, 0.3) is 0 Å². The number of nitrogens with zero attached hydrogens (tertiary/aromatic N) is 2. The lowest BCUT2D eigenvalue weighted by atomic mass is 9.73. The van der Waals surface area contributed by atoms with E-state index in [2.05, 4.69) is 11.6 Å². The standard InChI is InChI=1S/C21H22N2O4/c1-2-15-27-17-9-6-12-22-18(17)19(24)23-13-10-21(11-14-23,20(25)26)16-7-4-3-5-8-16/h2-9,12H,1,10-11,13-15H2,(H,25,26). The molecule has 0 radical (unpaired) electrons. The summed E-state index contributed by atoms with van der Waals surface area (Å²) in [6.45, 7) is 4.57. The van der Waals surface area contributed by atoms with E-state index in [1.165, 1.54) is 0 Å². The Hall–Kier alpha value is -3.15. The van der Waals surface area contributed by atoms with Crippen molar-refractivity contribution in [1.29, 1.82) is 0 Å². The topological polar surface area (TPSA) is 79.7 Å². The van der Waals surface area contributed by atoms with Gasteiger partial charge in [-0.05, 0) is 30.5 Å². The molecule has 1 amide bonds. The number of amides is 1. The normalized spacial score (nSPS) is 15.8. The zero-order valence-electron chi connectivity index (χ0n) is 15.0. The van der Waals surface area contributed by atoms with Gasteiger partial charge in [0, 0.05) is 19.3 Å². The monoisotopic (exact) mass is 366 g/mol. The van der Waals surface area contributed by atoms with Gasteiger partial charge in [0.15, 0.2) is 11.4 Å². The summed E-state index contributed by atoms with van der Waals surface area (Å²) in [5.41, 5.74) is 0.0453. The largest absolute Gasteiger partial charge is 0.487 e. The van der Waals surface area contributed by atoms with Crippen LogP contribution in [0.2, 0.25) is 0 Å². The molecule has 6 heteroatoms. The van der Waals surface area contributed by atoms with Gasteiger partial charge in [-0.25, -0.2) is 4.98 Å². The van der Waals surface area contributed by atoms with E-state index in [4.69, 9.17) is 4.74 Å². The highest BCUT2D eigenvalue weighted by molar-refractivity contribution is 5.95. The van der Waals surface area contributed by atoms with Gasteiger partial charge in [-0.15, -0.1) is 0 Å². The number of benzene rings is 1. The first-order valence-electron chi connectivity index (χ1n) is 8.85. The fourth-order valence-corrected chi connectivity index (χ4v) is 3.44. The summed E-state index contributed by atoms with van der Waals surface area (Å²) in [5, 5.41) is 9.88. The van der Waals surface area contributed by atoms with Gasteiger partial charge in [-0.1, -0.05) is 43.0 Å². The minimum atomic E-state index is -0.968. The number of rotatable bonds is 6. The van der Waals surface area contributed by atoms with Gasteiger partial charge in [-0.2, -0.15) is 0 Å².